The van der Waals surface area contributed by atoms with Crippen LogP contribution in [-0.4, -0.2) is 30.4 Å². The Hall–Kier alpha value is -0.290. The number of halogens is 2. The number of piperidine rings is 1. The molecule has 0 aliphatic carbocycles. The molecular formula is C15H24Cl2N2OS. The summed E-state index contributed by atoms with van der Waals surface area (Å²) in [4.78, 5) is 15.4. The molecule has 1 amide bonds. The summed E-state index contributed by atoms with van der Waals surface area (Å²) < 4.78 is 0.790. The summed E-state index contributed by atoms with van der Waals surface area (Å²) in [5.41, 5.74) is 0. The fourth-order valence-corrected chi connectivity index (χ4v) is 3.76. The quantitative estimate of drug-likeness (QED) is 0.842. The third kappa shape index (κ3) is 6.15. The van der Waals surface area contributed by atoms with Crippen LogP contribution in [0.25, 0.3) is 0 Å². The molecule has 1 saturated heterocycles. The van der Waals surface area contributed by atoms with Gasteiger partial charge in [0, 0.05) is 17.8 Å². The number of nitrogens with one attached hydrogen (secondary N) is 1. The molecule has 0 bridgehead atoms. The molecule has 2 heterocycles. The summed E-state index contributed by atoms with van der Waals surface area (Å²) in [6.45, 7) is 5.70. The van der Waals surface area contributed by atoms with E-state index in [9.17, 15) is 4.79 Å². The summed E-state index contributed by atoms with van der Waals surface area (Å²) in [6, 6.07) is 3.91. The van der Waals surface area contributed by atoms with E-state index in [1.165, 1.54) is 12.8 Å². The van der Waals surface area contributed by atoms with Crippen LogP contribution >= 0.6 is 35.3 Å². The first kappa shape index (κ1) is 18.8. The lowest BCUT2D eigenvalue weighted by Gasteiger charge is -2.24. The van der Waals surface area contributed by atoms with Gasteiger partial charge in [-0.25, -0.2) is 0 Å². The van der Waals surface area contributed by atoms with E-state index in [0.29, 0.717) is 13.0 Å². The zero-order chi connectivity index (χ0) is 14.4. The maximum atomic E-state index is 12.3. The van der Waals surface area contributed by atoms with Crippen molar-refractivity contribution in [3.05, 3.63) is 21.3 Å². The summed E-state index contributed by atoms with van der Waals surface area (Å²) in [5.74, 6) is 0.991. The van der Waals surface area contributed by atoms with Gasteiger partial charge in [0.2, 0.25) is 5.91 Å². The molecule has 0 unspecified atom stereocenters. The zero-order valence-electron chi connectivity index (χ0n) is 12.4. The van der Waals surface area contributed by atoms with Crippen LogP contribution in [-0.2, 0) is 11.3 Å². The molecule has 1 aromatic rings. The van der Waals surface area contributed by atoms with Crippen molar-refractivity contribution in [3.63, 3.8) is 0 Å². The van der Waals surface area contributed by atoms with Crippen molar-refractivity contribution in [2.24, 2.45) is 5.92 Å². The van der Waals surface area contributed by atoms with Crippen LogP contribution in [0.4, 0.5) is 0 Å². The Morgan fingerprint density at radius 1 is 1.43 bits per heavy atom. The highest BCUT2D eigenvalue weighted by Gasteiger charge is 2.17. The number of carbonyl (C=O) groups is 1. The van der Waals surface area contributed by atoms with Gasteiger partial charge in [-0.3, -0.25) is 4.79 Å². The average Bonchev–Trinajstić information content (AvgIpc) is 2.88. The normalized spacial score (nSPS) is 15.5. The first-order valence-corrected chi connectivity index (χ1v) is 8.61. The number of nitrogens with zero attached hydrogens (tertiary/aromatic N) is 1. The second-order valence-electron chi connectivity index (χ2n) is 5.35. The summed E-state index contributed by atoms with van der Waals surface area (Å²) in [6.07, 6.45) is 4.12. The molecular weight excluding hydrogens is 327 g/mol. The van der Waals surface area contributed by atoms with Gasteiger partial charge >= 0.3 is 0 Å². The Bertz CT molecular complexity index is 433. The molecule has 3 nitrogen and oxygen atoms in total. The number of thiophene rings is 1. The Kier molecular flexibility index (Phi) is 8.64. The number of hydrogen-bond donors (Lipinski definition) is 1. The lowest BCUT2D eigenvalue weighted by Crippen LogP contribution is -2.32. The van der Waals surface area contributed by atoms with Gasteiger partial charge < -0.3 is 10.2 Å². The molecule has 1 N–H and O–H groups in total. The van der Waals surface area contributed by atoms with Crippen molar-refractivity contribution in [1.82, 2.24) is 10.2 Å². The standard InChI is InChI=1S/C15H23ClN2OS.ClH/c1-2-18(11-13-4-5-14(16)20-13)15(19)6-3-12-7-9-17-10-8-12;/h4-5,12,17H,2-3,6-11H2,1H3;1H. The average molecular weight is 351 g/mol. The largest absolute Gasteiger partial charge is 0.338 e. The SMILES string of the molecule is CCN(Cc1ccc(Cl)s1)C(=O)CCC1CCNCC1.Cl. The molecule has 0 radical (unpaired) electrons. The van der Waals surface area contributed by atoms with Gasteiger partial charge in [0.05, 0.1) is 10.9 Å². The van der Waals surface area contributed by atoms with Crippen LogP contribution in [0.15, 0.2) is 12.1 Å². The third-order valence-corrected chi connectivity index (χ3v) is 5.15. The summed E-state index contributed by atoms with van der Waals surface area (Å²) >= 11 is 7.50. The lowest BCUT2D eigenvalue weighted by molar-refractivity contribution is -0.131. The van der Waals surface area contributed by atoms with E-state index in [1.54, 1.807) is 11.3 Å². The molecule has 21 heavy (non-hydrogen) atoms. The van der Waals surface area contributed by atoms with Crippen LogP contribution in [0.3, 0.4) is 0 Å². The molecule has 1 aromatic heterocycles. The van der Waals surface area contributed by atoms with Crippen molar-refractivity contribution >= 4 is 41.3 Å². The van der Waals surface area contributed by atoms with Gasteiger partial charge in [0.1, 0.15) is 0 Å². The van der Waals surface area contributed by atoms with Gasteiger partial charge in [0.25, 0.3) is 0 Å². The molecule has 1 fully saturated rings. The van der Waals surface area contributed by atoms with Crippen LogP contribution in [0, 0.1) is 5.92 Å². The third-order valence-electron chi connectivity index (χ3n) is 3.94. The minimum absolute atomic E-state index is 0. The topological polar surface area (TPSA) is 32.3 Å². The second kappa shape index (κ2) is 9.67. The van der Waals surface area contributed by atoms with Crippen molar-refractivity contribution in [1.29, 1.82) is 0 Å². The molecule has 0 atom stereocenters. The molecule has 120 valence electrons. The predicted molar refractivity (Wildman–Crippen MR) is 92.5 cm³/mol. The smallest absolute Gasteiger partial charge is 0.222 e. The highest BCUT2D eigenvalue weighted by molar-refractivity contribution is 7.16. The van der Waals surface area contributed by atoms with Gasteiger partial charge in [-0.15, -0.1) is 23.7 Å². The Morgan fingerprint density at radius 3 is 2.71 bits per heavy atom. The second-order valence-corrected chi connectivity index (χ2v) is 7.15. The monoisotopic (exact) mass is 350 g/mol. The van der Waals surface area contributed by atoms with E-state index in [0.717, 1.165) is 41.2 Å². The van der Waals surface area contributed by atoms with Crippen LogP contribution < -0.4 is 5.32 Å². The number of carbonyl (C=O) groups excluding carboxylic acids is 1. The maximum Gasteiger partial charge on any atom is 0.222 e. The van der Waals surface area contributed by atoms with Gasteiger partial charge in [-0.05, 0) is 57.3 Å². The highest BCUT2D eigenvalue weighted by atomic mass is 35.5. The van der Waals surface area contributed by atoms with Crippen LogP contribution in [0.2, 0.25) is 4.34 Å². The number of hydrogen-bond acceptors (Lipinski definition) is 3. The van der Waals surface area contributed by atoms with Crippen molar-refractivity contribution in [2.45, 2.75) is 39.2 Å². The first-order chi connectivity index (χ1) is 9.69. The fourth-order valence-electron chi connectivity index (χ4n) is 2.66. The summed E-state index contributed by atoms with van der Waals surface area (Å²) in [5, 5.41) is 3.36. The van der Waals surface area contributed by atoms with E-state index >= 15 is 0 Å². The van der Waals surface area contributed by atoms with Crippen LogP contribution in [0.5, 0.6) is 0 Å². The molecule has 1 aliphatic rings. The molecule has 2 rings (SSSR count). The number of rotatable bonds is 6. The number of amides is 1. The fraction of sp³-hybridized carbons (Fsp3) is 0.667. The van der Waals surface area contributed by atoms with Crippen molar-refractivity contribution in [2.75, 3.05) is 19.6 Å². The van der Waals surface area contributed by atoms with Crippen molar-refractivity contribution < 1.29 is 4.79 Å². The zero-order valence-corrected chi connectivity index (χ0v) is 14.8. The van der Waals surface area contributed by atoms with E-state index in [1.807, 2.05) is 24.0 Å². The van der Waals surface area contributed by atoms with E-state index in [4.69, 9.17) is 11.6 Å². The molecule has 6 heteroatoms. The van der Waals surface area contributed by atoms with Crippen LogP contribution in [0.1, 0.15) is 37.5 Å². The first-order valence-electron chi connectivity index (χ1n) is 7.41. The molecule has 0 saturated carbocycles. The Balaban J connectivity index is 0.00000220. The molecule has 0 aromatic carbocycles. The highest BCUT2D eigenvalue weighted by Crippen LogP contribution is 2.23. The Morgan fingerprint density at radius 2 is 2.14 bits per heavy atom. The van der Waals surface area contributed by atoms with Gasteiger partial charge in [-0.1, -0.05) is 11.6 Å². The van der Waals surface area contributed by atoms with E-state index in [2.05, 4.69) is 5.32 Å². The van der Waals surface area contributed by atoms with Gasteiger partial charge in [0.15, 0.2) is 0 Å². The minimum atomic E-state index is 0. The van der Waals surface area contributed by atoms with E-state index < -0.39 is 0 Å². The molecule has 0 spiro atoms. The lowest BCUT2D eigenvalue weighted by atomic mass is 9.93. The van der Waals surface area contributed by atoms with Gasteiger partial charge in [-0.2, -0.15) is 0 Å². The van der Waals surface area contributed by atoms with E-state index in [-0.39, 0.29) is 18.3 Å². The predicted octanol–water partition coefficient (Wildman–Crippen LogP) is 3.95. The summed E-state index contributed by atoms with van der Waals surface area (Å²) in [7, 11) is 0. The molecule has 1 aliphatic heterocycles. The minimum Gasteiger partial charge on any atom is -0.338 e. The Labute approximate surface area is 142 Å². The van der Waals surface area contributed by atoms with Crippen molar-refractivity contribution in [3.8, 4) is 0 Å². The maximum absolute atomic E-state index is 12.3.